The number of hydrogen-bond donors (Lipinski definition) is 1. The van der Waals surface area contributed by atoms with Gasteiger partial charge in [0.2, 0.25) is 0 Å². The summed E-state index contributed by atoms with van der Waals surface area (Å²) < 4.78 is 0. The monoisotopic (exact) mass is 358 g/mol. The normalized spacial score (nSPS) is 19.5. The van der Waals surface area contributed by atoms with Gasteiger partial charge in [0, 0.05) is 6.54 Å². The van der Waals surface area contributed by atoms with Crippen molar-refractivity contribution < 1.29 is 9.59 Å². The Morgan fingerprint density at radius 3 is 2.41 bits per heavy atom. The lowest BCUT2D eigenvalue weighted by Gasteiger charge is -2.24. The quantitative estimate of drug-likeness (QED) is 0.694. The van der Waals surface area contributed by atoms with Crippen molar-refractivity contribution in [3.8, 4) is 0 Å². The van der Waals surface area contributed by atoms with Gasteiger partial charge in [-0.3, -0.25) is 9.69 Å². The van der Waals surface area contributed by atoms with Crippen LogP contribution < -0.4 is 5.32 Å². The Morgan fingerprint density at radius 2 is 1.59 bits per heavy atom. The number of aryl methyl sites for hydroxylation is 1. The van der Waals surface area contributed by atoms with Gasteiger partial charge in [-0.2, -0.15) is 0 Å². The van der Waals surface area contributed by atoms with E-state index in [0.29, 0.717) is 6.54 Å². The van der Waals surface area contributed by atoms with E-state index in [9.17, 15) is 9.59 Å². The van der Waals surface area contributed by atoms with Gasteiger partial charge in [0.15, 0.2) is 0 Å². The molecule has 1 N–H and O–H groups in total. The molecular weight excluding hydrogens is 336 g/mol. The van der Waals surface area contributed by atoms with Crippen LogP contribution in [0.3, 0.4) is 0 Å². The van der Waals surface area contributed by atoms with Gasteiger partial charge in [-0.25, -0.2) is 4.79 Å². The molecule has 0 unspecified atom stereocenters. The lowest BCUT2D eigenvalue weighted by Crippen LogP contribution is -2.41. The molecule has 3 aromatic rings. The Morgan fingerprint density at radius 1 is 0.889 bits per heavy atom. The maximum Gasteiger partial charge on any atom is 0.325 e. The van der Waals surface area contributed by atoms with E-state index in [-0.39, 0.29) is 11.9 Å². The number of urea groups is 1. The molecule has 0 saturated carbocycles. The van der Waals surface area contributed by atoms with Gasteiger partial charge < -0.3 is 5.32 Å². The van der Waals surface area contributed by atoms with Crippen molar-refractivity contribution in [1.29, 1.82) is 0 Å². The molecule has 1 saturated heterocycles. The molecule has 1 heterocycles. The molecule has 4 heteroatoms. The van der Waals surface area contributed by atoms with Crippen LogP contribution in [-0.4, -0.2) is 23.4 Å². The minimum Gasteiger partial charge on any atom is -0.319 e. The number of benzene rings is 3. The second kappa shape index (κ2) is 6.88. The second-order valence-electron chi connectivity index (χ2n) is 7.13. The molecule has 27 heavy (non-hydrogen) atoms. The molecule has 1 aliphatic rings. The highest BCUT2D eigenvalue weighted by Gasteiger charge is 2.49. The summed E-state index contributed by atoms with van der Waals surface area (Å²) in [4.78, 5) is 27.1. The van der Waals surface area contributed by atoms with E-state index in [0.717, 1.165) is 29.2 Å². The lowest BCUT2D eigenvalue weighted by atomic mass is 9.88. The first-order chi connectivity index (χ1) is 13.1. The first kappa shape index (κ1) is 17.3. The minimum absolute atomic E-state index is 0.183. The second-order valence-corrected chi connectivity index (χ2v) is 7.13. The summed E-state index contributed by atoms with van der Waals surface area (Å²) in [5, 5.41) is 4.97. The number of hydrogen-bond acceptors (Lipinski definition) is 2. The van der Waals surface area contributed by atoms with Crippen LogP contribution in [0.5, 0.6) is 0 Å². The highest BCUT2D eigenvalue weighted by Crippen LogP contribution is 2.33. The number of carbonyl (C=O) groups excluding carboxylic acids is 2. The van der Waals surface area contributed by atoms with Gasteiger partial charge in [0.25, 0.3) is 5.91 Å². The molecule has 1 atom stereocenters. The Balaban J connectivity index is 1.56. The summed E-state index contributed by atoms with van der Waals surface area (Å²) in [6.07, 6.45) is 1.58. The highest BCUT2D eigenvalue weighted by molar-refractivity contribution is 6.09. The Bertz CT molecular complexity index is 994. The molecule has 0 aromatic heterocycles. The maximum absolute atomic E-state index is 13.2. The van der Waals surface area contributed by atoms with Crippen molar-refractivity contribution in [1.82, 2.24) is 10.2 Å². The van der Waals surface area contributed by atoms with Crippen LogP contribution in [0.2, 0.25) is 0 Å². The van der Waals surface area contributed by atoms with Crippen molar-refractivity contribution in [2.24, 2.45) is 0 Å². The zero-order valence-corrected chi connectivity index (χ0v) is 15.3. The largest absolute Gasteiger partial charge is 0.325 e. The van der Waals surface area contributed by atoms with Crippen LogP contribution in [0.1, 0.15) is 24.5 Å². The van der Waals surface area contributed by atoms with E-state index in [1.165, 1.54) is 10.5 Å². The summed E-state index contributed by atoms with van der Waals surface area (Å²) in [5.41, 5.74) is 1.01. The molecule has 0 bridgehead atoms. The zero-order chi connectivity index (χ0) is 18.9. The molecule has 136 valence electrons. The molecule has 0 spiro atoms. The topological polar surface area (TPSA) is 49.4 Å². The molecule has 1 fully saturated rings. The minimum atomic E-state index is -1.04. The van der Waals surface area contributed by atoms with Gasteiger partial charge in [-0.1, -0.05) is 72.8 Å². The molecule has 4 nitrogen and oxygen atoms in total. The highest BCUT2D eigenvalue weighted by atomic mass is 16.2. The molecule has 1 aliphatic heterocycles. The van der Waals surface area contributed by atoms with E-state index in [4.69, 9.17) is 0 Å². The summed E-state index contributed by atoms with van der Waals surface area (Å²) in [7, 11) is 0. The van der Waals surface area contributed by atoms with E-state index in [1.807, 2.05) is 60.7 Å². The summed E-state index contributed by atoms with van der Waals surface area (Å²) >= 11 is 0. The number of fused-ring (bicyclic) bond motifs is 1. The van der Waals surface area contributed by atoms with Crippen LogP contribution in [0, 0.1) is 0 Å². The lowest BCUT2D eigenvalue weighted by molar-refractivity contribution is -0.131. The van der Waals surface area contributed by atoms with Gasteiger partial charge >= 0.3 is 6.03 Å². The standard InChI is InChI=1S/C23H22N2O2/c1-23(20-15-7-13-18-12-5-6-14-19(18)20)21(26)25(22(27)24-23)16-8-11-17-9-3-2-4-10-17/h2-7,9-10,12-15H,8,11,16H2,1H3,(H,24,27)/t23-/m0/s1. The van der Waals surface area contributed by atoms with Crippen molar-refractivity contribution >= 4 is 22.7 Å². The smallest absolute Gasteiger partial charge is 0.319 e. The van der Waals surface area contributed by atoms with E-state index >= 15 is 0 Å². The number of nitrogens with zero attached hydrogens (tertiary/aromatic N) is 1. The summed E-state index contributed by atoms with van der Waals surface area (Å²) in [5.74, 6) is -0.183. The van der Waals surface area contributed by atoms with Crippen LogP contribution in [0.4, 0.5) is 4.79 Å². The number of carbonyl (C=O) groups is 2. The number of rotatable bonds is 5. The fourth-order valence-corrected chi connectivity index (χ4v) is 3.83. The van der Waals surface area contributed by atoms with Gasteiger partial charge in [0.05, 0.1) is 0 Å². The third-order valence-corrected chi connectivity index (χ3v) is 5.29. The van der Waals surface area contributed by atoms with Gasteiger partial charge in [0.1, 0.15) is 5.54 Å². The molecule has 0 aliphatic carbocycles. The van der Waals surface area contributed by atoms with Gasteiger partial charge in [-0.15, -0.1) is 0 Å². The number of amides is 3. The van der Waals surface area contributed by atoms with Gasteiger partial charge in [-0.05, 0) is 41.7 Å². The Hall–Kier alpha value is -3.14. The first-order valence-electron chi connectivity index (χ1n) is 9.26. The fourth-order valence-electron chi connectivity index (χ4n) is 3.83. The third kappa shape index (κ3) is 3.08. The summed E-state index contributed by atoms with van der Waals surface area (Å²) in [6.45, 7) is 2.21. The number of imide groups is 1. The zero-order valence-electron chi connectivity index (χ0n) is 15.3. The van der Waals surface area contributed by atoms with E-state index < -0.39 is 5.54 Å². The number of nitrogens with one attached hydrogen (secondary N) is 1. The summed E-state index contributed by atoms with van der Waals surface area (Å²) in [6, 6.07) is 23.6. The fraction of sp³-hybridized carbons (Fsp3) is 0.217. The van der Waals surface area contributed by atoms with Crippen LogP contribution >= 0.6 is 0 Å². The SMILES string of the molecule is C[C@@]1(c2cccc3ccccc23)NC(=O)N(CCCc2ccccc2)C1=O. The molecule has 3 aromatic carbocycles. The van der Waals surface area contributed by atoms with Crippen LogP contribution in [-0.2, 0) is 16.8 Å². The van der Waals surface area contributed by atoms with Crippen molar-refractivity contribution in [2.45, 2.75) is 25.3 Å². The molecule has 3 amide bonds. The third-order valence-electron chi connectivity index (χ3n) is 5.29. The molecule has 4 rings (SSSR count). The van der Waals surface area contributed by atoms with E-state index in [1.54, 1.807) is 6.92 Å². The van der Waals surface area contributed by atoms with Crippen LogP contribution in [0.15, 0.2) is 72.8 Å². The van der Waals surface area contributed by atoms with E-state index in [2.05, 4.69) is 17.4 Å². The molecule has 0 radical (unpaired) electrons. The predicted octanol–water partition coefficient (Wildman–Crippen LogP) is 4.24. The molecular formula is C23H22N2O2. The first-order valence-corrected chi connectivity index (χ1v) is 9.26. The Kier molecular flexibility index (Phi) is 4.40. The van der Waals surface area contributed by atoms with Crippen molar-refractivity contribution in [2.75, 3.05) is 6.54 Å². The predicted molar refractivity (Wildman–Crippen MR) is 106 cm³/mol. The van der Waals surface area contributed by atoms with Crippen LogP contribution in [0.25, 0.3) is 10.8 Å². The average molecular weight is 358 g/mol. The average Bonchev–Trinajstić information content (AvgIpc) is 2.92. The van der Waals surface area contributed by atoms with Crippen molar-refractivity contribution in [3.63, 3.8) is 0 Å². The van der Waals surface area contributed by atoms with Crippen molar-refractivity contribution in [3.05, 3.63) is 83.9 Å². The Labute approximate surface area is 158 Å². The maximum atomic E-state index is 13.2.